The summed E-state index contributed by atoms with van der Waals surface area (Å²) < 4.78 is 11.1. The summed E-state index contributed by atoms with van der Waals surface area (Å²) >= 11 is 2.61. The summed E-state index contributed by atoms with van der Waals surface area (Å²) in [4.78, 5) is 28.4. The van der Waals surface area contributed by atoms with Gasteiger partial charge < -0.3 is 14.8 Å². The minimum atomic E-state index is -0.508. The molecule has 0 bridgehead atoms. The van der Waals surface area contributed by atoms with Crippen molar-refractivity contribution in [3.05, 3.63) is 63.1 Å². The summed E-state index contributed by atoms with van der Waals surface area (Å²) in [6.07, 6.45) is 0. The molecule has 0 unspecified atom stereocenters. The van der Waals surface area contributed by atoms with Crippen LogP contribution in [0.5, 0.6) is 11.5 Å². The van der Waals surface area contributed by atoms with Crippen molar-refractivity contribution in [2.24, 2.45) is 0 Å². The molecule has 0 saturated heterocycles. The van der Waals surface area contributed by atoms with Gasteiger partial charge in [0.05, 0.1) is 29.7 Å². The maximum Gasteiger partial charge on any atom is 0.284 e. The van der Waals surface area contributed by atoms with Crippen LogP contribution in [0.25, 0.3) is 0 Å². The minimum Gasteiger partial charge on any atom is -0.497 e. The number of hydrogen-bond donors (Lipinski definition) is 1. The lowest BCUT2D eigenvalue weighted by Gasteiger charge is -2.12. The topological polar surface area (TPSA) is 104 Å². The highest BCUT2D eigenvalue weighted by molar-refractivity contribution is 8.01. The highest BCUT2D eigenvalue weighted by Gasteiger charge is 2.20. The molecule has 1 aromatic heterocycles. The van der Waals surface area contributed by atoms with E-state index >= 15 is 0 Å². The summed E-state index contributed by atoms with van der Waals surface area (Å²) in [7, 11) is 2.99. The molecule has 29 heavy (non-hydrogen) atoms. The van der Waals surface area contributed by atoms with Gasteiger partial charge in [0.15, 0.2) is 4.34 Å². The Morgan fingerprint density at radius 2 is 2.00 bits per heavy atom. The van der Waals surface area contributed by atoms with Crippen LogP contribution in [0.2, 0.25) is 0 Å². The van der Waals surface area contributed by atoms with E-state index in [4.69, 9.17) is 9.47 Å². The van der Waals surface area contributed by atoms with Crippen molar-refractivity contribution in [2.45, 2.75) is 16.2 Å². The van der Waals surface area contributed by atoms with Gasteiger partial charge in [-0.15, -0.1) is 11.3 Å². The number of anilines is 1. The summed E-state index contributed by atoms with van der Waals surface area (Å²) in [5, 5.41) is 16.1. The normalized spacial score (nSPS) is 10.4. The molecule has 3 rings (SSSR count). The number of nitro benzene ring substituents is 1. The quantitative estimate of drug-likeness (QED) is 0.424. The lowest BCUT2D eigenvalue weighted by Crippen LogP contribution is -2.13. The average Bonchev–Trinajstić information content (AvgIpc) is 3.12. The van der Waals surface area contributed by atoms with Crippen LogP contribution in [0.4, 0.5) is 11.4 Å². The second-order valence-corrected chi connectivity index (χ2v) is 7.96. The fourth-order valence-electron chi connectivity index (χ4n) is 2.47. The van der Waals surface area contributed by atoms with Gasteiger partial charge in [0.1, 0.15) is 11.5 Å². The van der Waals surface area contributed by atoms with E-state index in [1.165, 1.54) is 49.5 Å². The molecule has 3 aromatic rings. The van der Waals surface area contributed by atoms with Crippen molar-refractivity contribution in [3.63, 3.8) is 0 Å². The minimum absolute atomic E-state index is 0.154. The number of nitrogens with one attached hydrogen (secondary N) is 1. The Morgan fingerprint density at radius 1 is 1.21 bits per heavy atom. The molecule has 0 fully saturated rings. The molecule has 150 valence electrons. The molecule has 0 saturated carbocycles. The van der Waals surface area contributed by atoms with Crippen LogP contribution >= 0.6 is 23.1 Å². The van der Waals surface area contributed by atoms with E-state index in [9.17, 15) is 14.9 Å². The molecule has 0 atom stereocenters. The van der Waals surface area contributed by atoms with E-state index in [1.54, 1.807) is 24.3 Å². The molecule has 0 aliphatic rings. The summed E-state index contributed by atoms with van der Waals surface area (Å²) in [5.41, 5.74) is 1.24. The molecule has 2 aromatic carbocycles. The number of aromatic nitrogens is 1. The van der Waals surface area contributed by atoms with E-state index < -0.39 is 10.8 Å². The zero-order valence-corrected chi connectivity index (χ0v) is 17.4. The molecule has 0 aliphatic carbocycles. The number of aryl methyl sites for hydroxylation is 1. The lowest BCUT2D eigenvalue weighted by molar-refractivity contribution is -0.387. The first-order valence-electron chi connectivity index (χ1n) is 8.33. The van der Waals surface area contributed by atoms with Gasteiger partial charge in [-0.25, -0.2) is 4.98 Å². The molecule has 1 amide bonds. The smallest absolute Gasteiger partial charge is 0.284 e. The number of benzene rings is 2. The number of thiazole rings is 1. The number of rotatable bonds is 7. The number of nitrogens with zero attached hydrogens (tertiary/aromatic N) is 2. The van der Waals surface area contributed by atoms with Crippen molar-refractivity contribution in [1.82, 2.24) is 4.98 Å². The molecule has 1 heterocycles. The number of hydrogen-bond acceptors (Lipinski definition) is 8. The number of ether oxygens (including phenoxy) is 2. The molecular weight excluding hydrogens is 414 g/mol. The van der Waals surface area contributed by atoms with Gasteiger partial charge in [0.2, 0.25) is 0 Å². The van der Waals surface area contributed by atoms with Crippen LogP contribution in [0.1, 0.15) is 16.1 Å². The number of methoxy groups -OCH3 is 2. The maximum absolute atomic E-state index is 12.7. The highest BCUT2D eigenvalue weighted by atomic mass is 32.2. The predicted molar refractivity (Wildman–Crippen MR) is 112 cm³/mol. The van der Waals surface area contributed by atoms with Crippen molar-refractivity contribution in [3.8, 4) is 11.5 Å². The van der Waals surface area contributed by atoms with E-state index in [-0.39, 0.29) is 11.3 Å². The van der Waals surface area contributed by atoms with Crippen LogP contribution in [0.15, 0.2) is 51.0 Å². The van der Waals surface area contributed by atoms with Crippen molar-refractivity contribution < 1.29 is 19.2 Å². The SMILES string of the molecule is COc1ccc(OC)c(NC(=O)c2ccc(Sc3nc(C)cs3)c([N+](=O)[O-])c2)c1. The molecule has 10 heteroatoms. The van der Waals surface area contributed by atoms with Crippen LogP contribution in [-0.2, 0) is 0 Å². The number of amides is 1. The first-order chi connectivity index (χ1) is 13.9. The van der Waals surface area contributed by atoms with Crippen molar-refractivity contribution in [2.75, 3.05) is 19.5 Å². The van der Waals surface area contributed by atoms with E-state index in [0.29, 0.717) is 26.4 Å². The zero-order valence-electron chi connectivity index (χ0n) is 15.8. The Hall–Kier alpha value is -3.11. The highest BCUT2D eigenvalue weighted by Crippen LogP contribution is 2.37. The zero-order chi connectivity index (χ0) is 21.0. The van der Waals surface area contributed by atoms with E-state index in [2.05, 4.69) is 10.3 Å². The third kappa shape index (κ3) is 4.84. The predicted octanol–water partition coefficient (Wildman–Crippen LogP) is 4.78. The first-order valence-corrected chi connectivity index (χ1v) is 10.0. The van der Waals surface area contributed by atoms with Gasteiger partial charge in [-0.05, 0) is 31.2 Å². The summed E-state index contributed by atoms with van der Waals surface area (Å²) in [6, 6.07) is 9.32. The van der Waals surface area contributed by atoms with E-state index in [1.807, 2.05) is 12.3 Å². The van der Waals surface area contributed by atoms with Crippen LogP contribution in [0, 0.1) is 17.0 Å². The van der Waals surface area contributed by atoms with Crippen LogP contribution < -0.4 is 14.8 Å². The van der Waals surface area contributed by atoms with Crippen LogP contribution in [0.3, 0.4) is 0 Å². The number of carbonyl (C=O) groups is 1. The number of carbonyl (C=O) groups excluding carboxylic acids is 1. The Bertz CT molecular complexity index is 1070. The monoisotopic (exact) mass is 431 g/mol. The second-order valence-electron chi connectivity index (χ2n) is 5.82. The molecule has 1 N–H and O–H groups in total. The average molecular weight is 431 g/mol. The van der Waals surface area contributed by atoms with Gasteiger partial charge in [-0.3, -0.25) is 14.9 Å². The third-order valence-corrected chi connectivity index (χ3v) is 5.99. The lowest BCUT2D eigenvalue weighted by atomic mass is 10.1. The van der Waals surface area contributed by atoms with Gasteiger partial charge in [0.25, 0.3) is 11.6 Å². The van der Waals surface area contributed by atoms with Crippen molar-refractivity contribution >= 4 is 40.4 Å². The standard InChI is InChI=1S/C19H17N3O5S2/c1-11-10-28-19(20-11)29-17-7-4-12(8-15(17)22(24)25)18(23)21-14-9-13(26-2)5-6-16(14)27-3/h4-10H,1-3H3,(H,21,23). The fraction of sp³-hybridized carbons (Fsp3) is 0.158. The van der Waals surface area contributed by atoms with Gasteiger partial charge in [-0.1, -0.05) is 11.8 Å². The Labute approximate surface area is 175 Å². The van der Waals surface area contributed by atoms with Crippen molar-refractivity contribution in [1.29, 1.82) is 0 Å². The van der Waals surface area contributed by atoms with Crippen LogP contribution in [-0.4, -0.2) is 30.0 Å². The summed E-state index contributed by atoms with van der Waals surface area (Å²) in [6.45, 7) is 1.86. The largest absolute Gasteiger partial charge is 0.497 e. The van der Waals surface area contributed by atoms with Gasteiger partial charge in [-0.2, -0.15) is 0 Å². The third-order valence-electron chi connectivity index (χ3n) is 3.87. The molecule has 0 spiro atoms. The molecule has 0 aliphatic heterocycles. The molecular formula is C19H17N3O5S2. The fourth-order valence-corrected chi connectivity index (χ4v) is 4.35. The second kappa shape index (κ2) is 8.93. The Kier molecular flexibility index (Phi) is 6.35. The summed E-state index contributed by atoms with van der Waals surface area (Å²) in [5.74, 6) is 0.485. The molecule has 8 nitrogen and oxygen atoms in total. The first kappa shape index (κ1) is 20.6. The Balaban J connectivity index is 1.88. The maximum atomic E-state index is 12.7. The van der Waals surface area contributed by atoms with E-state index in [0.717, 1.165) is 5.69 Å². The van der Waals surface area contributed by atoms with Gasteiger partial charge in [0, 0.05) is 28.8 Å². The molecule has 0 radical (unpaired) electrons. The van der Waals surface area contributed by atoms with Gasteiger partial charge >= 0.3 is 0 Å². The number of nitro groups is 1. The Morgan fingerprint density at radius 3 is 2.62 bits per heavy atom.